The Bertz CT molecular complexity index is 364. The number of hydrogen-bond acceptors (Lipinski definition) is 4. The summed E-state index contributed by atoms with van der Waals surface area (Å²) in [5.74, 6) is -1.08. The van der Waals surface area contributed by atoms with Gasteiger partial charge in [-0.15, -0.1) is 0 Å². The second-order valence-electron chi connectivity index (χ2n) is 4.32. The van der Waals surface area contributed by atoms with Crippen LogP contribution < -0.4 is 0 Å². The van der Waals surface area contributed by atoms with Gasteiger partial charge in [-0.05, 0) is 38.8 Å². The van der Waals surface area contributed by atoms with Crippen molar-refractivity contribution in [1.82, 2.24) is 0 Å². The zero-order valence-corrected chi connectivity index (χ0v) is 11.5. The van der Waals surface area contributed by atoms with E-state index in [1.165, 1.54) is 13.8 Å². The lowest BCUT2D eigenvalue weighted by Gasteiger charge is -2.08. The third kappa shape index (κ3) is 6.03. The van der Waals surface area contributed by atoms with Crippen molar-refractivity contribution >= 4 is 11.9 Å². The molecule has 0 radical (unpaired) electrons. The molecule has 0 atom stereocenters. The zero-order valence-electron chi connectivity index (χ0n) is 11.5. The Morgan fingerprint density at radius 2 is 1.06 bits per heavy atom. The van der Waals surface area contributed by atoms with E-state index >= 15 is 0 Å². The Morgan fingerprint density at radius 1 is 0.778 bits per heavy atom. The number of rotatable bonds is 6. The molecule has 0 fully saturated rings. The van der Waals surface area contributed by atoms with Crippen molar-refractivity contribution in [1.29, 1.82) is 0 Å². The molecule has 0 spiro atoms. The molecule has 4 nitrogen and oxygen atoms in total. The molecule has 0 amide bonds. The van der Waals surface area contributed by atoms with Gasteiger partial charge in [0.15, 0.2) is 0 Å². The Balaban J connectivity index is 4.58. The second kappa shape index (κ2) is 7.48. The predicted octanol–water partition coefficient (Wildman–Crippen LogP) is 2.56. The van der Waals surface area contributed by atoms with E-state index in [4.69, 9.17) is 9.47 Å². The topological polar surface area (TPSA) is 52.6 Å². The fraction of sp³-hybridized carbons (Fsp3) is 0.429. The highest BCUT2D eigenvalue weighted by atomic mass is 16.5. The average Bonchev–Trinajstić information content (AvgIpc) is 2.30. The summed E-state index contributed by atoms with van der Waals surface area (Å²) in [7, 11) is 0. The van der Waals surface area contributed by atoms with E-state index in [1.54, 1.807) is 13.8 Å². The van der Waals surface area contributed by atoms with E-state index in [0.29, 0.717) is 0 Å². The summed E-state index contributed by atoms with van der Waals surface area (Å²) in [5, 5.41) is 0. The molecule has 0 saturated carbocycles. The van der Waals surface area contributed by atoms with Crippen LogP contribution >= 0.6 is 0 Å². The Hall–Kier alpha value is -1.84. The molecule has 0 N–H and O–H groups in total. The summed E-state index contributed by atoms with van der Waals surface area (Å²) in [5.41, 5.74) is 1.95. The van der Waals surface area contributed by atoms with Crippen molar-refractivity contribution in [3.05, 3.63) is 35.5 Å². The van der Waals surface area contributed by atoms with E-state index < -0.39 is 11.9 Å². The second-order valence-corrected chi connectivity index (χ2v) is 4.32. The van der Waals surface area contributed by atoms with Crippen molar-refractivity contribution < 1.29 is 19.1 Å². The summed E-state index contributed by atoms with van der Waals surface area (Å²) < 4.78 is 9.88. The number of ether oxygens (including phenoxy) is 2. The lowest BCUT2D eigenvalue weighted by atomic mass is 10.1. The van der Waals surface area contributed by atoms with Gasteiger partial charge in [-0.2, -0.15) is 0 Å². The van der Waals surface area contributed by atoms with Gasteiger partial charge in [0.1, 0.15) is 13.2 Å². The minimum absolute atomic E-state index is 0.143. The molecule has 0 aliphatic carbocycles. The number of carbonyl (C=O) groups is 2. The molecule has 0 saturated heterocycles. The quantitative estimate of drug-likeness (QED) is 0.414. The van der Waals surface area contributed by atoms with Crippen LogP contribution in [0.1, 0.15) is 27.7 Å². The summed E-state index contributed by atoms with van der Waals surface area (Å²) >= 11 is 0. The average molecular weight is 252 g/mol. The summed E-state index contributed by atoms with van der Waals surface area (Å²) in [6.07, 6.45) is 0. The maximum Gasteiger partial charge on any atom is 0.334 e. The highest BCUT2D eigenvalue weighted by molar-refractivity contribution is 5.99. The molecule has 0 heterocycles. The maximum atomic E-state index is 11.6. The molecule has 0 bridgehead atoms. The van der Waals surface area contributed by atoms with Crippen LogP contribution in [0, 0.1) is 0 Å². The number of esters is 2. The molecule has 0 rings (SSSR count). The molecular weight excluding hydrogens is 232 g/mol. The first-order valence-corrected chi connectivity index (χ1v) is 5.56. The van der Waals surface area contributed by atoms with Crippen molar-refractivity contribution in [2.24, 2.45) is 0 Å². The first-order chi connectivity index (χ1) is 8.25. The highest BCUT2D eigenvalue weighted by Crippen LogP contribution is 2.09. The Kier molecular flexibility index (Phi) is 6.71. The maximum absolute atomic E-state index is 11.6. The lowest BCUT2D eigenvalue weighted by molar-refractivity contribution is -0.141. The monoisotopic (exact) mass is 252 g/mol. The van der Waals surface area contributed by atoms with E-state index in [1.807, 2.05) is 0 Å². The fourth-order valence-corrected chi connectivity index (χ4v) is 0.900. The van der Waals surface area contributed by atoms with Gasteiger partial charge in [-0.3, -0.25) is 0 Å². The van der Waals surface area contributed by atoms with Crippen LogP contribution in [0.4, 0.5) is 0 Å². The van der Waals surface area contributed by atoms with Crippen LogP contribution in [-0.4, -0.2) is 25.2 Å². The fourth-order valence-electron chi connectivity index (χ4n) is 0.900. The number of hydrogen-bond donors (Lipinski definition) is 0. The molecule has 4 heteroatoms. The molecule has 18 heavy (non-hydrogen) atoms. The van der Waals surface area contributed by atoms with E-state index in [9.17, 15) is 9.59 Å². The van der Waals surface area contributed by atoms with Gasteiger partial charge < -0.3 is 9.47 Å². The van der Waals surface area contributed by atoms with Crippen molar-refractivity contribution in [2.75, 3.05) is 13.2 Å². The van der Waals surface area contributed by atoms with Gasteiger partial charge in [0.05, 0.1) is 0 Å². The van der Waals surface area contributed by atoms with E-state index in [-0.39, 0.29) is 24.4 Å². The Morgan fingerprint density at radius 3 is 1.28 bits per heavy atom. The van der Waals surface area contributed by atoms with Crippen LogP contribution in [-0.2, 0) is 19.1 Å². The molecule has 0 aliphatic rings. The molecule has 0 unspecified atom stereocenters. The van der Waals surface area contributed by atoms with Gasteiger partial charge >= 0.3 is 11.9 Å². The summed E-state index contributed by atoms with van der Waals surface area (Å²) in [6, 6.07) is 0. The predicted molar refractivity (Wildman–Crippen MR) is 69.9 cm³/mol. The van der Waals surface area contributed by atoms with Gasteiger partial charge in [-0.25, -0.2) is 9.59 Å². The first kappa shape index (κ1) is 16.2. The standard InChI is InChI=1S/C14H20O4/c1-9(2)7-17-13(15)11(5)12(6)14(16)18-8-10(3)4/h1,3,7-8H2,2,4-6H3/b12-11-. The van der Waals surface area contributed by atoms with Crippen molar-refractivity contribution in [3.63, 3.8) is 0 Å². The molecule has 0 aliphatic heterocycles. The SMILES string of the molecule is C=C(C)COC(=O)/C(C)=C(/C)C(=O)OCC(=C)C. The molecule has 0 aromatic heterocycles. The largest absolute Gasteiger partial charge is 0.458 e. The molecular formula is C14H20O4. The minimum Gasteiger partial charge on any atom is -0.458 e. The van der Waals surface area contributed by atoms with Crippen LogP contribution in [0.3, 0.4) is 0 Å². The number of carbonyl (C=O) groups excluding carboxylic acids is 2. The smallest absolute Gasteiger partial charge is 0.334 e. The van der Waals surface area contributed by atoms with Crippen molar-refractivity contribution in [2.45, 2.75) is 27.7 Å². The zero-order chi connectivity index (χ0) is 14.3. The van der Waals surface area contributed by atoms with Gasteiger partial charge in [-0.1, -0.05) is 13.2 Å². The molecule has 0 aromatic carbocycles. The molecule has 0 aromatic rings. The van der Waals surface area contributed by atoms with Crippen molar-refractivity contribution in [3.8, 4) is 0 Å². The minimum atomic E-state index is -0.539. The van der Waals surface area contributed by atoms with Crippen LogP contribution in [0.5, 0.6) is 0 Å². The first-order valence-electron chi connectivity index (χ1n) is 5.56. The van der Waals surface area contributed by atoms with Crippen LogP contribution in [0.2, 0.25) is 0 Å². The van der Waals surface area contributed by atoms with E-state index in [0.717, 1.165) is 11.1 Å². The van der Waals surface area contributed by atoms with Crippen LogP contribution in [0.25, 0.3) is 0 Å². The highest BCUT2D eigenvalue weighted by Gasteiger charge is 2.15. The summed E-state index contributed by atoms with van der Waals surface area (Å²) in [4.78, 5) is 23.2. The third-order valence-corrected chi connectivity index (χ3v) is 2.07. The van der Waals surface area contributed by atoms with Crippen LogP contribution in [0.15, 0.2) is 35.5 Å². The van der Waals surface area contributed by atoms with Gasteiger partial charge in [0, 0.05) is 11.1 Å². The summed E-state index contributed by atoms with van der Waals surface area (Å²) in [6.45, 7) is 14.1. The van der Waals surface area contributed by atoms with E-state index in [2.05, 4.69) is 13.2 Å². The normalized spacial score (nSPS) is 11.3. The molecule has 100 valence electrons. The van der Waals surface area contributed by atoms with Gasteiger partial charge in [0.2, 0.25) is 0 Å². The Labute approximate surface area is 108 Å². The third-order valence-electron chi connectivity index (χ3n) is 2.07. The lowest BCUT2D eigenvalue weighted by Crippen LogP contribution is -2.14. The van der Waals surface area contributed by atoms with Gasteiger partial charge in [0.25, 0.3) is 0 Å².